The standard InChI is InChI=1S/C30H28O6/c1-33-24-12-5-21(6-13-24)9-16-27(31)26(19-23-11-18-29(35-3)30(20-23)36-4)28(32)17-10-22-7-14-25(34-2)15-8-22/h5-20H,1-4H3/b16-9+,17-10+. The Balaban J connectivity index is 1.93. The fraction of sp³-hybridized carbons (Fsp3) is 0.133. The van der Waals surface area contributed by atoms with E-state index < -0.39 is 11.6 Å². The molecular weight excluding hydrogens is 456 g/mol. The molecule has 0 atom stereocenters. The lowest BCUT2D eigenvalue weighted by molar-refractivity contribution is -0.116. The summed E-state index contributed by atoms with van der Waals surface area (Å²) in [4.78, 5) is 26.3. The molecule has 0 unspecified atom stereocenters. The molecule has 6 heteroatoms. The number of ketones is 2. The molecule has 0 heterocycles. The van der Waals surface area contributed by atoms with Gasteiger partial charge < -0.3 is 18.9 Å². The van der Waals surface area contributed by atoms with Gasteiger partial charge in [-0.1, -0.05) is 42.5 Å². The number of benzene rings is 3. The largest absolute Gasteiger partial charge is 0.497 e. The van der Waals surface area contributed by atoms with Gasteiger partial charge in [-0.2, -0.15) is 0 Å². The molecular formula is C30H28O6. The van der Waals surface area contributed by atoms with E-state index in [1.165, 1.54) is 19.3 Å². The lowest BCUT2D eigenvalue weighted by atomic mass is 10.0. The van der Waals surface area contributed by atoms with E-state index in [9.17, 15) is 9.59 Å². The average Bonchev–Trinajstić information content (AvgIpc) is 2.93. The van der Waals surface area contributed by atoms with Crippen molar-refractivity contribution in [2.45, 2.75) is 0 Å². The first-order valence-corrected chi connectivity index (χ1v) is 11.1. The summed E-state index contributed by atoms with van der Waals surface area (Å²) in [5.74, 6) is 1.62. The molecule has 3 aromatic carbocycles. The second-order valence-electron chi connectivity index (χ2n) is 7.61. The van der Waals surface area contributed by atoms with E-state index in [0.717, 1.165) is 11.1 Å². The van der Waals surface area contributed by atoms with Gasteiger partial charge >= 0.3 is 0 Å². The Morgan fingerprint density at radius 2 is 1.00 bits per heavy atom. The third-order valence-corrected chi connectivity index (χ3v) is 5.34. The minimum atomic E-state index is -0.426. The van der Waals surface area contributed by atoms with Crippen molar-refractivity contribution in [3.8, 4) is 23.0 Å². The van der Waals surface area contributed by atoms with E-state index in [1.807, 2.05) is 24.3 Å². The molecule has 36 heavy (non-hydrogen) atoms. The van der Waals surface area contributed by atoms with Crippen molar-refractivity contribution in [3.05, 3.63) is 101 Å². The highest BCUT2D eigenvalue weighted by molar-refractivity contribution is 6.31. The number of ether oxygens (including phenoxy) is 4. The third-order valence-electron chi connectivity index (χ3n) is 5.34. The maximum absolute atomic E-state index is 13.2. The molecule has 0 aliphatic carbocycles. The van der Waals surface area contributed by atoms with Crippen LogP contribution in [0, 0.1) is 0 Å². The molecule has 0 fully saturated rings. The Bertz CT molecular complexity index is 1210. The Kier molecular flexibility index (Phi) is 9.23. The van der Waals surface area contributed by atoms with Gasteiger partial charge in [0.2, 0.25) is 0 Å². The van der Waals surface area contributed by atoms with Crippen LogP contribution in [0.15, 0.2) is 84.5 Å². The summed E-state index contributed by atoms with van der Waals surface area (Å²) in [6, 6.07) is 19.7. The van der Waals surface area contributed by atoms with E-state index in [1.54, 1.807) is 82.0 Å². The maximum atomic E-state index is 13.2. The quantitative estimate of drug-likeness (QED) is 0.198. The first-order valence-electron chi connectivity index (χ1n) is 11.1. The molecule has 0 radical (unpaired) electrons. The van der Waals surface area contributed by atoms with Gasteiger partial charge in [-0.25, -0.2) is 0 Å². The predicted octanol–water partition coefficient (Wildman–Crippen LogP) is 5.67. The van der Waals surface area contributed by atoms with Crippen molar-refractivity contribution in [3.63, 3.8) is 0 Å². The lowest BCUT2D eigenvalue weighted by Crippen LogP contribution is -2.08. The highest BCUT2D eigenvalue weighted by atomic mass is 16.5. The smallest absolute Gasteiger partial charge is 0.189 e. The molecule has 0 aliphatic rings. The van der Waals surface area contributed by atoms with Crippen LogP contribution in [-0.4, -0.2) is 40.0 Å². The molecule has 0 aromatic heterocycles. The summed E-state index contributed by atoms with van der Waals surface area (Å²) in [5.41, 5.74) is 2.24. The van der Waals surface area contributed by atoms with Crippen molar-refractivity contribution in [2.75, 3.05) is 28.4 Å². The van der Waals surface area contributed by atoms with Gasteiger partial charge in [0, 0.05) is 0 Å². The minimum Gasteiger partial charge on any atom is -0.497 e. The molecule has 0 N–H and O–H groups in total. The van der Waals surface area contributed by atoms with Gasteiger partial charge in [0.1, 0.15) is 11.5 Å². The molecule has 0 spiro atoms. The van der Waals surface area contributed by atoms with Crippen LogP contribution in [0.4, 0.5) is 0 Å². The summed E-state index contributed by atoms with van der Waals surface area (Å²) in [6.45, 7) is 0. The van der Waals surface area contributed by atoms with Crippen LogP contribution in [0.2, 0.25) is 0 Å². The van der Waals surface area contributed by atoms with Gasteiger partial charge in [-0.3, -0.25) is 9.59 Å². The zero-order chi connectivity index (χ0) is 25.9. The number of hydrogen-bond donors (Lipinski definition) is 0. The second-order valence-corrected chi connectivity index (χ2v) is 7.61. The summed E-state index contributed by atoms with van der Waals surface area (Å²) in [6.07, 6.45) is 7.62. The number of hydrogen-bond acceptors (Lipinski definition) is 6. The minimum absolute atomic E-state index is 0.0109. The van der Waals surface area contributed by atoms with Crippen LogP contribution in [0.1, 0.15) is 16.7 Å². The van der Waals surface area contributed by atoms with Crippen molar-refractivity contribution in [2.24, 2.45) is 0 Å². The zero-order valence-corrected chi connectivity index (χ0v) is 20.7. The van der Waals surface area contributed by atoms with E-state index in [2.05, 4.69) is 0 Å². The SMILES string of the molecule is COc1ccc(/C=C/C(=O)C(=Cc2ccc(OC)c(OC)c2)C(=O)/C=C/c2ccc(OC)cc2)cc1. The maximum Gasteiger partial charge on any atom is 0.189 e. The van der Waals surface area contributed by atoms with Gasteiger partial charge in [0.05, 0.1) is 34.0 Å². The zero-order valence-electron chi connectivity index (χ0n) is 20.7. The van der Waals surface area contributed by atoms with E-state index in [-0.39, 0.29) is 5.57 Å². The van der Waals surface area contributed by atoms with E-state index in [0.29, 0.717) is 28.6 Å². The second kappa shape index (κ2) is 12.8. The monoisotopic (exact) mass is 484 g/mol. The topological polar surface area (TPSA) is 71.1 Å². The van der Waals surface area contributed by atoms with Crippen molar-refractivity contribution >= 4 is 29.8 Å². The summed E-state index contributed by atoms with van der Waals surface area (Å²) in [5, 5.41) is 0. The summed E-state index contributed by atoms with van der Waals surface area (Å²) >= 11 is 0. The highest BCUT2D eigenvalue weighted by Gasteiger charge is 2.15. The van der Waals surface area contributed by atoms with Gasteiger partial charge in [0.25, 0.3) is 0 Å². The van der Waals surface area contributed by atoms with E-state index >= 15 is 0 Å². The molecule has 184 valence electrons. The number of allylic oxidation sites excluding steroid dienone is 3. The fourth-order valence-corrected chi connectivity index (χ4v) is 3.33. The first-order chi connectivity index (χ1) is 17.5. The van der Waals surface area contributed by atoms with E-state index in [4.69, 9.17) is 18.9 Å². The Hall–Kier alpha value is -4.58. The molecule has 3 aromatic rings. The van der Waals surface area contributed by atoms with Gasteiger partial charge in [-0.05, 0) is 71.3 Å². The lowest BCUT2D eigenvalue weighted by Gasteiger charge is -2.08. The molecule has 0 amide bonds. The third kappa shape index (κ3) is 6.96. The van der Waals surface area contributed by atoms with Crippen LogP contribution in [0.3, 0.4) is 0 Å². The number of methoxy groups -OCH3 is 4. The highest BCUT2D eigenvalue weighted by Crippen LogP contribution is 2.28. The van der Waals surface area contributed by atoms with Crippen molar-refractivity contribution < 1.29 is 28.5 Å². The van der Waals surface area contributed by atoms with Crippen LogP contribution in [0.5, 0.6) is 23.0 Å². The number of carbonyl (C=O) groups excluding carboxylic acids is 2. The number of carbonyl (C=O) groups is 2. The van der Waals surface area contributed by atoms with Crippen molar-refractivity contribution in [1.29, 1.82) is 0 Å². The summed E-state index contributed by atoms with van der Waals surface area (Å²) in [7, 11) is 6.24. The number of rotatable bonds is 11. The summed E-state index contributed by atoms with van der Waals surface area (Å²) < 4.78 is 21.0. The van der Waals surface area contributed by atoms with Gasteiger partial charge in [-0.15, -0.1) is 0 Å². The van der Waals surface area contributed by atoms with Gasteiger partial charge in [0.15, 0.2) is 23.1 Å². The predicted molar refractivity (Wildman–Crippen MR) is 142 cm³/mol. The average molecular weight is 485 g/mol. The van der Waals surface area contributed by atoms with Crippen LogP contribution >= 0.6 is 0 Å². The first kappa shape index (κ1) is 26.0. The molecule has 0 saturated carbocycles. The fourth-order valence-electron chi connectivity index (χ4n) is 3.33. The normalized spacial score (nSPS) is 10.8. The Morgan fingerprint density at radius 1 is 0.556 bits per heavy atom. The van der Waals surface area contributed by atoms with Crippen LogP contribution in [0.25, 0.3) is 18.2 Å². The Labute approximate surface area is 211 Å². The molecule has 6 nitrogen and oxygen atoms in total. The van der Waals surface area contributed by atoms with Crippen molar-refractivity contribution in [1.82, 2.24) is 0 Å². The van der Waals surface area contributed by atoms with Crippen LogP contribution in [-0.2, 0) is 9.59 Å². The molecule has 0 saturated heterocycles. The molecule has 3 rings (SSSR count). The molecule has 0 aliphatic heterocycles. The van der Waals surface area contributed by atoms with Crippen LogP contribution < -0.4 is 18.9 Å². The Morgan fingerprint density at radius 3 is 1.42 bits per heavy atom. The molecule has 0 bridgehead atoms.